The minimum atomic E-state index is -0.150. The molecule has 2 rings (SSSR count). The third kappa shape index (κ3) is 3.19. The van der Waals surface area contributed by atoms with Crippen molar-refractivity contribution >= 4 is 17.5 Å². The van der Waals surface area contributed by atoms with Crippen LogP contribution in [0.15, 0.2) is 18.2 Å². The fourth-order valence-corrected chi connectivity index (χ4v) is 2.46. The standard InChI is InChI=1S/C14H19ClN2O2/c1-10(2)16-5-7-17(8-6-16)14(19)12-9-11(15)3-4-13(12)18/h3-4,9-10,18H,5-8H2,1-2H3. The maximum absolute atomic E-state index is 12.3. The number of phenolic OH excluding ortho intramolecular Hbond substituents is 1. The minimum Gasteiger partial charge on any atom is -0.507 e. The van der Waals surface area contributed by atoms with Crippen LogP contribution in [0.2, 0.25) is 5.02 Å². The van der Waals surface area contributed by atoms with Crippen LogP contribution in [0.3, 0.4) is 0 Å². The molecule has 5 heteroatoms. The van der Waals surface area contributed by atoms with E-state index >= 15 is 0 Å². The molecule has 1 N–H and O–H groups in total. The number of benzene rings is 1. The summed E-state index contributed by atoms with van der Waals surface area (Å²) in [5.41, 5.74) is 0.283. The maximum Gasteiger partial charge on any atom is 0.257 e. The van der Waals surface area contributed by atoms with Gasteiger partial charge >= 0.3 is 0 Å². The Morgan fingerprint density at radius 2 is 1.89 bits per heavy atom. The molecule has 0 saturated carbocycles. The molecule has 1 heterocycles. The minimum absolute atomic E-state index is 0.0133. The molecule has 4 nitrogen and oxygen atoms in total. The number of rotatable bonds is 2. The second kappa shape index (κ2) is 5.80. The van der Waals surface area contributed by atoms with E-state index in [1.807, 2.05) is 0 Å². The Balaban J connectivity index is 2.07. The Labute approximate surface area is 118 Å². The molecular weight excluding hydrogens is 264 g/mol. The van der Waals surface area contributed by atoms with E-state index < -0.39 is 0 Å². The number of nitrogens with zero attached hydrogens (tertiary/aromatic N) is 2. The van der Waals surface area contributed by atoms with Crippen molar-refractivity contribution < 1.29 is 9.90 Å². The third-order valence-electron chi connectivity index (χ3n) is 3.52. The lowest BCUT2D eigenvalue weighted by Crippen LogP contribution is -2.50. The number of hydrogen-bond donors (Lipinski definition) is 1. The SMILES string of the molecule is CC(C)N1CCN(C(=O)c2cc(Cl)ccc2O)CC1. The molecule has 1 saturated heterocycles. The Kier molecular flexibility index (Phi) is 4.32. The van der Waals surface area contributed by atoms with E-state index in [1.165, 1.54) is 12.1 Å². The average molecular weight is 283 g/mol. The van der Waals surface area contributed by atoms with Crippen LogP contribution >= 0.6 is 11.6 Å². The van der Waals surface area contributed by atoms with E-state index in [2.05, 4.69) is 18.7 Å². The van der Waals surface area contributed by atoms with Crippen molar-refractivity contribution in [1.29, 1.82) is 0 Å². The van der Waals surface area contributed by atoms with E-state index in [-0.39, 0.29) is 17.2 Å². The van der Waals surface area contributed by atoms with Gasteiger partial charge in [-0.05, 0) is 32.0 Å². The summed E-state index contributed by atoms with van der Waals surface area (Å²) in [6.07, 6.45) is 0. The molecule has 1 fully saturated rings. The summed E-state index contributed by atoms with van der Waals surface area (Å²) in [7, 11) is 0. The molecule has 104 valence electrons. The first kappa shape index (κ1) is 14.2. The Bertz CT molecular complexity index is 469. The zero-order valence-corrected chi connectivity index (χ0v) is 12.0. The fraction of sp³-hybridized carbons (Fsp3) is 0.500. The van der Waals surface area contributed by atoms with Crippen molar-refractivity contribution in [3.63, 3.8) is 0 Å². The fourth-order valence-electron chi connectivity index (χ4n) is 2.29. The molecule has 1 amide bonds. The van der Waals surface area contributed by atoms with Crippen molar-refractivity contribution in [1.82, 2.24) is 9.80 Å². The van der Waals surface area contributed by atoms with Gasteiger partial charge in [-0.25, -0.2) is 0 Å². The number of carbonyl (C=O) groups is 1. The Morgan fingerprint density at radius 3 is 2.47 bits per heavy atom. The first-order valence-corrected chi connectivity index (χ1v) is 6.88. The predicted octanol–water partition coefficient (Wildman–Crippen LogP) is 2.21. The summed E-state index contributed by atoms with van der Waals surface area (Å²) in [5.74, 6) is -0.163. The van der Waals surface area contributed by atoms with Crippen LogP contribution in [0, 0.1) is 0 Å². The van der Waals surface area contributed by atoms with E-state index in [0.29, 0.717) is 24.2 Å². The smallest absolute Gasteiger partial charge is 0.257 e. The summed E-state index contributed by atoms with van der Waals surface area (Å²) >= 11 is 5.87. The van der Waals surface area contributed by atoms with E-state index in [9.17, 15) is 9.90 Å². The molecule has 0 unspecified atom stereocenters. The van der Waals surface area contributed by atoms with Gasteiger partial charge in [0.05, 0.1) is 5.56 Å². The zero-order chi connectivity index (χ0) is 14.0. The molecule has 19 heavy (non-hydrogen) atoms. The van der Waals surface area contributed by atoms with E-state index in [0.717, 1.165) is 13.1 Å². The van der Waals surface area contributed by atoms with Crippen LogP contribution in [-0.4, -0.2) is 53.0 Å². The number of halogens is 1. The number of piperazine rings is 1. The van der Waals surface area contributed by atoms with Crippen molar-refractivity contribution in [2.75, 3.05) is 26.2 Å². The second-order valence-electron chi connectivity index (χ2n) is 5.08. The van der Waals surface area contributed by atoms with Crippen LogP contribution in [0.5, 0.6) is 5.75 Å². The zero-order valence-electron chi connectivity index (χ0n) is 11.3. The molecule has 0 bridgehead atoms. The van der Waals surface area contributed by atoms with Gasteiger partial charge < -0.3 is 10.0 Å². The second-order valence-corrected chi connectivity index (χ2v) is 5.52. The lowest BCUT2D eigenvalue weighted by Gasteiger charge is -2.37. The van der Waals surface area contributed by atoms with Crippen LogP contribution in [0.1, 0.15) is 24.2 Å². The van der Waals surface area contributed by atoms with E-state index in [4.69, 9.17) is 11.6 Å². The summed E-state index contributed by atoms with van der Waals surface area (Å²) in [6, 6.07) is 5.05. The number of phenols is 1. The molecule has 1 aliphatic rings. The van der Waals surface area contributed by atoms with Gasteiger partial charge in [0.1, 0.15) is 5.75 Å². The predicted molar refractivity (Wildman–Crippen MR) is 75.7 cm³/mol. The highest BCUT2D eigenvalue weighted by Crippen LogP contribution is 2.23. The molecule has 0 aliphatic carbocycles. The van der Waals surface area contributed by atoms with Gasteiger partial charge in [0, 0.05) is 37.2 Å². The van der Waals surface area contributed by atoms with Crippen LogP contribution in [-0.2, 0) is 0 Å². The van der Waals surface area contributed by atoms with Gasteiger partial charge in [-0.2, -0.15) is 0 Å². The number of amides is 1. The lowest BCUT2D eigenvalue weighted by atomic mass is 10.1. The third-order valence-corrected chi connectivity index (χ3v) is 3.76. The van der Waals surface area contributed by atoms with Gasteiger partial charge in [-0.3, -0.25) is 9.69 Å². The Morgan fingerprint density at radius 1 is 1.26 bits per heavy atom. The monoisotopic (exact) mass is 282 g/mol. The van der Waals surface area contributed by atoms with E-state index in [1.54, 1.807) is 11.0 Å². The summed E-state index contributed by atoms with van der Waals surface area (Å²) in [4.78, 5) is 16.4. The first-order valence-electron chi connectivity index (χ1n) is 6.51. The van der Waals surface area contributed by atoms with Crippen LogP contribution < -0.4 is 0 Å². The summed E-state index contributed by atoms with van der Waals surface area (Å²) in [6.45, 7) is 7.40. The van der Waals surface area contributed by atoms with Gasteiger partial charge in [-0.15, -0.1) is 0 Å². The number of hydrogen-bond acceptors (Lipinski definition) is 3. The van der Waals surface area contributed by atoms with Gasteiger partial charge in [-0.1, -0.05) is 11.6 Å². The number of carbonyl (C=O) groups excluding carboxylic acids is 1. The quantitative estimate of drug-likeness (QED) is 0.904. The topological polar surface area (TPSA) is 43.8 Å². The summed E-state index contributed by atoms with van der Waals surface area (Å²) < 4.78 is 0. The largest absolute Gasteiger partial charge is 0.507 e. The average Bonchev–Trinajstić information content (AvgIpc) is 2.41. The Hall–Kier alpha value is -1.26. The highest BCUT2D eigenvalue weighted by molar-refractivity contribution is 6.31. The van der Waals surface area contributed by atoms with Gasteiger partial charge in [0.2, 0.25) is 0 Å². The van der Waals surface area contributed by atoms with Crippen molar-refractivity contribution in [3.05, 3.63) is 28.8 Å². The normalized spacial score (nSPS) is 16.9. The van der Waals surface area contributed by atoms with Crippen LogP contribution in [0.25, 0.3) is 0 Å². The molecule has 0 atom stereocenters. The molecular formula is C14H19ClN2O2. The highest BCUT2D eigenvalue weighted by atomic mass is 35.5. The van der Waals surface area contributed by atoms with Gasteiger partial charge in [0.25, 0.3) is 5.91 Å². The van der Waals surface area contributed by atoms with Crippen molar-refractivity contribution in [2.45, 2.75) is 19.9 Å². The molecule has 0 aromatic heterocycles. The lowest BCUT2D eigenvalue weighted by molar-refractivity contribution is 0.0592. The first-order chi connectivity index (χ1) is 8.99. The molecule has 1 aromatic carbocycles. The molecule has 1 aromatic rings. The highest BCUT2D eigenvalue weighted by Gasteiger charge is 2.24. The van der Waals surface area contributed by atoms with Crippen LogP contribution in [0.4, 0.5) is 0 Å². The van der Waals surface area contributed by atoms with Crippen molar-refractivity contribution in [2.24, 2.45) is 0 Å². The maximum atomic E-state index is 12.3. The number of aromatic hydroxyl groups is 1. The molecule has 1 aliphatic heterocycles. The van der Waals surface area contributed by atoms with Crippen molar-refractivity contribution in [3.8, 4) is 5.75 Å². The summed E-state index contributed by atoms with van der Waals surface area (Å²) in [5, 5.41) is 10.2. The van der Waals surface area contributed by atoms with Gasteiger partial charge in [0.15, 0.2) is 0 Å². The molecule has 0 radical (unpaired) electrons. The molecule has 0 spiro atoms.